The number of hydrogen-bond acceptors (Lipinski definition) is 4. The van der Waals surface area contributed by atoms with Crippen LogP contribution in [0.1, 0.15) is 25.1 Å². The Morgan fingerprint density at radius 3 is 2.60 bits per heavy atom. The fraction of sp³-hybridized carbons (Fsp3) is 0.429. The maximum Gasteiger partial charge on any atom is 0.180 e. The third kappa shape index (κ3) is 3.25. The quantitative estimate of drug-likeness (QED) is 0.843. The SMILES string of the molecule is CC(C)S(=O)(=O)c1cccc(CCc2cn(C)nn2)c1. The van der Waals surface area contributed by atoms with Gasteiger partial charge in [0.05, 0.1) is 15.8 Å². The zero-order chi connectivity index (χ0) is 14.8. The first-order chi connectivity index (χ1) is 9.39. The molecule has 0 fully saturated rings. The van der Waals surface area contributed by atoms with E-state index < -0.39 is 15.1 Å². The van der Waals surface area contributed by atoms with Crippen LogP contribution in [-0.4, -0.2) is 28.7 Å². The lowest BCUT2D eigenvalue weighted by Crippen LogP contribution is -2.14. The molecule has 0 saturated carbocycles. The van der Waals surface area contributed by atoms with Gasteiger partial charge in [-0.25, -0.2) is 8.42 Å². The van der Waals surface area contributed by atoms with Gasteiger partial charge in [-0.15, -0.1) is 5.10 Å². The van der Waals surface area contributed by atoms with E-state index in [0.29, 0.717) is 4.90 Å². The summed E-state index contributed by atoms with van der Waals surface area (Å²) >= 11 is 0. The first kappa shape index (κ1) is 14.7. The predicted octanol–water partition coefficient (Wildman–Crippen LogP) is 1.78. The van der Waals surface area contributed by atoms with Gasteiger partial charge < -0.3 is 0 Å². The normalized spacial score (nSPS) is 12.0. The van der Waals surface area contributed by atoms with E-state index in [1.807, 2.05) is 19.3 Å². The number of hydrogen-bond donors (Lipinski definition) is 0. The monoisotopic (exact) mass is 293 g/mol. The van der Waals surface area contributed by atoms with Crippen LogP contribution in [0.3, 0.4) is 0 Å². The molecule has 6 heteroatoms. The lowest BCUT2D eigenvalue weighted by molar-refractivity contribution is 0.587. The Balaban J connectivity index is 2.14. The molecule has 2 aromatic rings. The number of aromatic nitrogens is 3. The third-order valence-corrected chi connectivity index (χ3v) is 5.32. The summed E-state index contributed by atoms with van der Waals surface area (Å²) in [6, 6.07) is 7.14. The molecule has 0 aliphatic rings. The van der Waals surface area contributed by atoms with Gasteiger partial charge in [0, 0.05) is 13.2 Å². The molecule has 0 atom stereocenters. The maximum atomic E-state index is 12.1. The first-order valence-corrected chi connectivity index (χ1v) is 8.12. The fourth-order valence-electron chi connectivity index (χ4n) is 1.93. The van der Waals surface area contributed by atoms with E-state index in [9.17, 15) is 8.42 Å². The smallest absolute Gasteiger partial charge is 0.180 e. The van der Waals surface area contributed by atoms with Gasteiger partial charge in [-0.2, -0.15) is 0 Å². The van der Waals surface area contributed by atoms with Gasteiger partial charge >= 0.3 is 0 Å². The van der Waals surface area contributed by atoms with Crippen molar-refractivity contribution in [2.45, 2.75) is 36.8 Å². The van der Waals surface area contributed by atoms with E-state index >= 15 is 0 Å². The van der Waals surface area contributed by atoms with Crippen molar-refractivity contribution in [1.29, 1.82) is 0 Å². The Hall–Kier alpha value is -1.69. The van der Waals surface area contributed by atoms with E-state index in [1.54, 1.807) is 36.7 Å². The molecule has 1 aromatic heterocycles. The van der Waals surface area contributed by atoms with Gasteiger partial charge in [0.15, 0.2) is 9.84 Å². The van der Waals surface area contributed by atoms with E-state index in [-0.39, 0.29) is 0 Å². The highest BCUT2D eigenvalue weighted by Gasteiger charge is 2.19. The van der Waals surface area contributed by atoms with Crippen LogP contribution in [0.5, 0.6) is 0 Å². The standard InChI is InChI=1S/C14H19N3O2S/c1-11(2)20(18,19)14-6-4-5-12(9-14)7-8-13-10-17(3)16-15-13/h4-6,9-11H,7-8H2,1-3H3. The van der Waals surface area contributed by atoms with Crippen molar-refractivity contribution in [3.63, 3.8) is 0 Å². The molecular formula is C14H19N3O2S. The molecule has 0 aliphatic carbocycles. The molecule has 1 heterocycles. The maximum absolute atomic E-state index is 12.1. The molecule has 2 rings (SSSR count). The van der Waals surface area contributed by atoms with Crippen LogP contribution in [0.2, 0.25) is 0 Å². The molecule has 0 N–H and O–H groups in total. The molecule has 20 heavy (non-hydrogen) atoms. The second-order valence-corrected chi connectivity index (χ2v) is 7.63. The van der Waals surface area contributed by atoms with Gasteiger partial charge in [0.1, 0.15) is 0 Å². The average Bonchev–Trinajstić information content (AvgIpc) is 2.82. The minimum Gasteiger partial charge on any atom is -0.255 e. The largest absolute Gasteiger partial charge is 0.255 e. The molecule has 0 spiro atoms. The first-order valence-electron chi connectivity index (χ1n) is 6.57. The van der Waals surface area contributed by atoms with Crippen LogP contribution >= 0.6 is 0 Å². The summed E-state index contributed by atoms with van der Waals surface area (Å²) in [5, 5.41) is 7.50. The molecule has 108 valence electrons. The highest BCUT2D eigenvalue weighted by molar-refractivity contribution is 7.92. The van der Waals surface area contributed by atoms with E-state index in [0.717, 1.165) is 24.1 Å². The van der Waals surface area contributed by atoms with Gasteiger partial charge in [-0.05, 0) is 44.4 Å². The minimum absolute atomic E-state index is 0.393. The van der Waals surface area contributed by atoms with Gasteiger partial charge in [0.25, 0.3) is 0 Å². The van der Waals surface area contributed by atoms with Crippen LogP contribution in [-0.2, 0) is 29.7 Å². The summed E-state index contributed by atoms with van der Waals surface area (Å²) < 4.78 is 25.9. The van der Waals surface area contributed by atoms with Crippen LogP contribution in [0.4, 0.5) is 0 Å². The van der Waals surface area contributed by atoms with Crippen molar-refractivity contribution >= 4 is 9.84 Å². The number of rotatable bonds is 5. The molecule has 5 nitrogen and oxygen atoms in total. The molecule has 0 unspecified atom stereocenters. The third-order valence-electron chi connectivity index (χ3n) is 3.17. The van der Waals surface area contributed by atoms with E-state index in [1.165, 1.54) is 0 Å². The summed E-state index contributed by atoms with van der Waals surface area (Å²) in [7, 11) is -1.38. The van der Waals surface area contributed by atoms with Crippen molar-refractivity contribution in [3.05, 3.63) is 41.7 Å². The Bertz CT molecular complexity index is 690. The summed E-state index contributed by atoms with van der Waals surface area (Å²) in [4.78, 5) is 0.393. The summed E-state index contributed by atoms with van der Waals surface area (Å²) in [5.41, 5.74) is 1.90. The molecule has 0 amide bonds. The highest BCUT2D eigenvalue weighted by atomic mass is 32.2. The van der Waals surface area contributed by atoms with E-state index in [4.69, 9.17) is 0 Å². The minimum atomic E-state index is -3.21. The van der Waals surface area contributed by atoms with Crippen LogP contribution in [0.15, 0.2) is 35.4 Å². The lowest BCUT2D eigenvalue weighted by atomic mass is 10.1. The number of aryl methyl sites for hydroxylation is 3. The second kappa shape index (κ2) is 5.75. The summed E-state index contributed by atoms with van der Waals surface area (Å²) in [6.45, 7) is 3.39. The number of nitrogens with zero attached hydrogens (tertiary/aromatic N) is 3. The topological polar surface area (TPSA) is 64.8 Å². The van der Waals surface area contributed by atoms with E-state index in [2.05, 4.69) is 10.3 Å². The van der Waals surface area contributed by atoms with Crippen molar-refractivity contribution in [1.82, 2.24) is 15.0 Å². The zero-order valence-electron chi connectivity index (χ0n) is 11.9. The number of benzene rings is 1. The molecule has 1 aromatic carbocycles. The van der Waals surface area contributed by atoms with Crippen molar-refractivity contribution in [2.24, 2.45) is 7.05 Å². The van der Waals surface area contributed by atoms with Gasteiger partial charge in [0.2, 0.25) is 0 Å². The summed E-state index contributed by atoms with van der Waals surface area (Å²) in [5.74, 6) is 0. The predicted molar refractivity (Wildman–Crippen MR) is 77.2 cm³/mol. The lowest BCUT2D eigenvalue weighted by Gasteiger charge is -2.09. The van der Waals surface area contributed by atoms with Crippen molar-refractivity contribution < 1.29 is 8.42 Å². The Labute approximate surface area is 119 Å². The Morgan fingerprint density at radius 1 is 1.25 bits per heavy atom. The van der Waals surface area contributed by atoms with Crippen molar-refractivity contribution in [3.8, 4) is 0 Å². The second-order valence-electron chi connectivity index (χ2n) is 5.12. The van der Waals surface area contributed by atoms with Crippen LogP contribution in [0.25, 0.3) is 0 Å². The molecule has 0 saturated heterocycles. The van der Waals surface area contributed by atoms with Crippen LogP contribution < -0.4 is 0 Å². The zero-order valence-corrected chi connectivity index (χ0v) is 12.8. The molecular weight excluding hydrogens is 274 g/mol. The Kier molecular flexibility index (Phi) is 4.23. The number of sulfone groups is 1. The Morgan fingerprint density at radius 2 is 2.00 bits per heavy atom. The average molecular weight is 293 g/mol. The van der Waals surface area contributed by atoms with Crippen LogP contribution in [0, 0.1) is 0 Å². The van der Waals surface area contributed by atoms with Crippen molar-refractivity contribution in [2.75, 3.05) is 0 Å². The molecule has 0 radical (unpaired) electrons. The summed E-state index contributed by atoms with van der Waals surface area (Å²) in [6.07, 6.45) is 3.37. The molecule has 0 aliphatic heterocycles. The highest BCUT2D eigenvalue weighted by Crippen LogP contribution is 2.18. The van der Waals surface area contributed by atoms with Gasteiger partial charge in [-0.3, -0.25) is 4.68 Å². The van der Waals surface area contributed by atoms with Gasteiger partial charge in [-0.1, -0.05) is 17.3 Å². The molecule has 0 bridgehead atoms. The fourth-order valence-corrected chi connectivity index (χ4v) is 3.06.